The monoisotopic (exact) mass is 426 g/mol. The van der Waals surface area contributed by atoms with E-state index >= 15 is 0 Å². The molecule has 1 aliphatic rings. The second-order valence-corrected chi connectivity index (χ2v) is 8.74. The number of thiazole rings is 1. The number of likely N-dealkylation sites (N-methyl/N-ethyl adjacent to an activating group) is 1. The molecule has 0 saturated carbocycles. The Hall–Kier alpha value is -3.22. The third kappa shape index (κ3) is 4.31. The Morgan fingerprint density at radius 3 is 2.81 bits per heavy atom. The summed E-state index contributed by atoms with van der Waals surface area (Å²) in [5, 5.41) is 5.08. The lowest BCUT2D eigenvalue weighted by atomic mass is 10.00. The minimum absolute atomic E-state index is 0.0557. The van der Waals surface area contributed by atoms with E-state index in [1.807, 2.05) is 29.9 Å². The number of fused-ring (bicyclic) bond motifs is 1. The fourth-order valence-corrected chi connectivity index (χ4v) is 4.47. The largest absolute Gasteiger partial charge is 0.302 e. The van der Waals surface area contributed by atoms with Crippen molar-refractivity contribution in [2.45, 2.75) is 12.8 Å². The van der Waals surface area contributed by atoms with Gasteiger partial charge in [0.1, 0.15) is 5.01 Å². The Balaban J connectivity index is 1.38. The van der Waals surface area contributed by atoms with Crippen molar-refractivity contribution in [3.05, 3.63) is 83.4 Å². The first-order chi connectivity index (χ1) is 15.2. The van der Waals surface area contributed by atoms with Crippen LogP contribution in [0.3, 0.4) is 0 Å². The molecule has 5 rings (SSSR count). The number of hydrogen-bond donors (Lipinski definition) is 0. The number of ketones is 1. The fourth-order valence-electron chi connectivity index (χ4n) is 3.83. The predicted molar refractivity (Wildman–Crippen MR) is 125 cm³/mol. The molecule has 0 N–H and O–H groups in total. The van der Waals surface area contributed by atoms with Gasteiger partial charge < -0.3 is 4.90 Å². The van der Waals surface area contributed by atoms with E-state index in [-0.39, 0.29) is 12.2 Å². The van der Waals surface area contributed by atoms with Crippen molar-refractivity contribution in [2.24, 2.45) is 0 Å². The summed E-state index contributed by atoms with van der Waals surface area (Å²) < 4.78 is 0. The van der Waals surface area contributed by atoms with Crippen molar-refractivity contribution < 1.29 is 4.79 Å². The van der Waals surface area contributed by atoms with Gasteiger partial charge in [0.2, 0.25) is 0 Å². The standard InChI is InChI=1S/C25H22N4OS/c1-29-9-5-17(6-10-29)23-14-18(4-7-26-23)24(30)15-22-13-21-12-19(25-27-8-11-31-25)2-3-20(21)16-28-22/h2-5,7-8,11-14,16H,6,9-10,15H2,1H3. The molecule has 6 heteroatoms. The van der Waals surface area contributed by atoms with Crippen LogP contribution >= 0.6 is 11.3 Å². The average molecular weight is 427 g/mol. The maximum absolute atomic E-state index is 13.0. The van der Waals surface area contributed by atoms with Crippen molar-refractivity contribution in [1.29, 1.82) is 0 Å². The topological polar surface area (TPSA) is 59.0 Å². The van der Waals surface area contributed by atoms with Crippen LogP contribution in [-0.4, -0.2) is 45.8 Å². The first-order valence-electron chi connectivity index (χ1n) is 10.3. The zero-order valence-corrected chi connectivity index (χ0v) is 18.1. The third-order valence-electron chi connectivity index (χ3n) is 5.62. The molecule has 154 valence electrons. The van der Waals surface area contributed by atoms with Crippen LogP contribution in [0.4, 0.5) is 0 Å². The molecule has 0 amide bonds. The Bertz CT molecular complexity index is 1280. The summed E-state index contributed by atoms with van der Waals surface area (Å²) in [6, 6.07) is 11.9. The fraction of sp³-hybridized carbons (Fsp3) is 0.200. The highest BCUT2D eigenvalue weighted by molar-refractivity contribution is 7.13. The minimum Gasteiger partial charge on any atom is -0.302 e. The van der Waals surface area contributed by atoms with E-state index < -0.39 is 0 Å². The minimum atomic E-state index is 0.0557. The second-order valence-electron chi connectivity index (χ2n) is 7.85. The number of nitrogens with zero attached hydrogens (tertiary/aromatic N) is 4. The summed E-state index contributed by atoms with van der Waals surface area (Å²) in [7, 11) is 2.11. The molecule has 0 fully saturated rings. The maximum atomic E-state index is 13.0. The quantitative estimate of drug-likeness (QED) is 0.425. The average Bonchev–Trinajstić information content (AvgIpc) is 3.34. The normalized spacial score (nSPS) is 14.5. The van der Waals surface area contributed by atoms with E-state index in [0.29, 0.717) is 5.56 Å². The first-order valence-corrected chi connectivity index (χ1v) is 11.2. The number of aromatic nitrogens is 3. The van der Waals surface area contributed by atoms with Crippen molar-refractivity contribution >= 4 is 33.5 Å². The van der Waals surface area contributed by atoms with Gasteiger partial charge in [-0.2, -0.15) is 0 Å². The summed E-state index contributed by atoms with van der Waals surface area (Å²) in [6.45, 7) is 1.93. The highest BCUT2D eigenvalue weighted by atomic mass is 32.1. The third-order valence-corrected chi connectivity index (χ3v) is 6.44. The number of hydrogen-bond acceptors (Lipinski definition) is 6. The molecule has 3 aromatic heterocycles. The summed E-state index contributed by atoms with van der Waals surface area (Å²) in [4.78, 5) is 28.7. The van der Waals surface area contributed by atoms with Crippen molar-refractivity contribution in [3.63, 3.8) is 0 Å². The summed E-state index contributed by atoms with van der Waals surface area (Å²) in [5.41, 5.74) is 4.65. The molecule has 31 heavy (non-hydrogen) atoms. The maximum Gasteiger partial charge on any atom is 0.168 e. The van der Waals surface area contributed by atoms with Gasteiger partial charge in [-0.25, -0.2) is 4.98 Å². The number of rotatable bonds is 5. The van der Waals surface area contributed by atoms with Crippen molar-refractivity contribution in [1.82, 2.24) is 19.9 Å². The van der Waals surface area contributed by atoms with Crippen LogP contribution in [0, 0.1) is 0 Å². The first kappa shape index (κ1) is 19.7. The number of Topliss-reactive ketones (excluding diaryl/α,β-unsaturated/α-hetero) is 1. The summed E-state index contributed by atoms with van der Waals surface area (Å²) in [5.74, 6) is 0.0557. The van der Waals surface area contributed by atoms with Gasteiger partial charge in [0.15, 0.2) is 5.78 Å². The van der Waals surface area contributed by atoms with Crippen LogP contribution < -0.4 is 0 Å². The molecule has 0 saturated heterocycles. The molecule has 4 heterocycles. The molecular formula is C25H22N4OS. The summed E-state index contributed by atoms with van der Waals surface area (Å²) >= 11 is 1.62. The van der Waals surface area contributed by atoms with E-state index in [2.05, 4.69) is 51.2 Å². The molecule has 0 radical (unpaired) electrons. The second kappa shape index (κ2) is 8.49. The molecule has 0 atom stereocenters. The van der Waals surface area contributed by atoms with E-state index in [1.54, 1.807) is 23.6 Å². The molecule has 0 spiro atoms. The molecule has 1 aliphatic heterocycles. The lowest BCUT2D eigenvalue weighted by Crippen LogP contribution is -2.23. The molecular weight excluding hydrogens is 404 g/mol. The van der Waals surface area contributed by atoms with E-state index in [0.717, 1.165) is 52.2 Å². The van der Waals surface area contributed by atoms with E-state index in [9.17, 15) is 4.79 Å². The molecule has 4 aromatic rings. The SMILES string of the molecule is CN1CC=C(c2cc(C(=O)Cc3cc4cc(-c5nccs5)ccc4cn3)ccn2)CC1. The Morgan fingerprint density at radius 2 is 2.00 bits per heavy atom. The Morgan fingerprint density at radius 1 is 1.06 bits per heavy atom. The molecule has 1 aromatic carbocycles. The van der Waals surface area contributed by atoms with Crippen molar-refractivity contribution in [3.8, 4) is 10.6 Å². The number of benzene rings is 1. The highest BCUT2D eigenvalue weighted by Gasteiger charge is 2.14. The highest BCUT2D eigenvalue weighted by Crippen LogP contribution is 2.26. The van der Waals surface area contributed by atoms with E-state index in [4.69, 9.17) is 0 Å². The van der Waals surface area contributed by atoms with Gasteiger partial charge in [-0.15, -0.1) is 11.3 Å². The molecule has 5 nitrogen and oxygen atoms in total. The van der Waals surface area contributed by atoms with Gasteiger partial charge in [-0.1, -0.05) is 18.2 Å². The van der Waals surface area contributed by atoms with Crippen LogP contribution in [0.2, 0.25) is 0 Å². The van der Waals surface area contributed by atoms with Crippen LogP contribution in [0.15, 0.2) is 66.4 Å². The molecule has 0 bridgehead atoms. The number of carbonyl (C=O) groups excluding carboxylic acids is 1. The van der Waals surface area contributed by atoms with Crippen LogP contribution in [-0.2, 0) is 6.42 Å². The van der Waals surface area contributed by atoms with Crippen LogP contribution in [0.5, 0.6) is 0 Å². The van der Waals surface area contributed by atoms with Gasteiger partial charge in [0.25, 0.3) is 0 Å². The molecule has 0 unspecified atom stereocenters. The van der Waals surface area contributed by atoms with Crippen molar-refractivity contribution in [2.75, 3.05) is 20.1 Å². The van der Waals surface area contributed by atoms with Gasteiger partial charge in [-0.05, 0) is 48.7 Å². The predicted octanol–water partition coefficient (Wildman–Crippen LogP) is 4.90. The zero-order valence-electron chi connectivity index (χ0n) is 17.3. The number of carbonyl (C=O) groups is 1. The van der Waals surface area contributed by atoms with Gasteiger partial charge in [0, 0.05) is 59.3 Å². The lowest BCUT2D eigenvalue weighted by molar-refractivity contribution is 0.0992. The molecule has 0 aliphatic carbocycles. The Labute approximate surface area is 185 Å². The zero-order chi connectivity index (χ0) is 21.2. The summed E-state index contributed by atoms with van der Waals surface area (Å²) in [6.07, 6.45) is 8.80. The van der Waals surface area contributed by atoms with Gasteiger partial charge in [-0.3, -0.25) is 14.8 Å². The van der Waals surface area contributed by atoms with Gasteiger partial charge in [0.05, 0.1) is 12.1 Å². The van der Waals surface area contributed by atoms with E-state index in [1.165, 1.54) is 5.57 Å². The number of pyridine rings is 2. The Kier molecular flexibility index (Phi) is 5.40. The van der Waals surface area contributed by atoms with Crippen LogP contribution in [0.25, 0.3) is 26.9 Å². The van der Waals surface area contributed by atoms with Gasteiger partial charge >= 0.3 is 0 Å². The smallest absolute Gasteiger partial charge is 0.168 e. The lowest BCUT2D eigenvalue weighted by Gasteiger charge is -2.21. The van der Waals surface area contributed by atoms with Crippen LogP contribution in [0.1, 0.15) is 28.2 Å².